The van der Waals surface area contributed by atoms with Crippen molar-refractivity contribution >= 4 is 33.4 Å². The maximum atomic E-state index is 12.9. The van der Waals surface area contributed by atoms with Crippen LogP contribution < -0.4 is 5.73 Å². The first-order valence-electron chi connectivity index (χ1n) is 7.62. The van der Waals surface area contributed by atoms with Crippen molar-refractivity contribution in [3.05, 3.63) is 33.7 Å². The number of carbonyl (C=O) groups is 2. The number of hydrogen-bond donors (Lipinski definition) is 1. The van der Waals surface area contributed by atoms with Crippen LogP contribution in [0.4, 0.5) is 0 Å². The molecule has 2 aromatic heterocycles. The number of halogens is 1. The van der Waals surface area contributed by atoms with Gasteiger partial charge in [0.25, 0.3) is 5.91 Å². The highest BCUT2D eigenvalue weighted by molar-refractivity contribution is 9.10. The highest BCUT2D eigenvalue weighted by Crippen LogP contribution is 2.25. The van der Waals surface area contributed by atoms with Crippen LogP contribution in [-0.2, 0) is 4.79 Å². The minimum atomic E-state index is -0.275. The Morgan fingerprint density at radius 1 is 1.30 bits per heavy atom. The van der Waals surface area contributed by atoms with Gasteiger partial charge in [0, 0.05) is 25.2 Å². The van der Waals surface area contributed by atoms with Crippen LogP contribution in [0.5, 0.6) is 0 Å². The molecule has 6 nitrogen and oxygen atoms in total. The minimum Gasteiger partial charge on any atom is -0.369 e. The Hall–Kier alpha value is -1.89. The number of piperidine rings is 1. The van der Waals surface area contributed by atoms with Crippen molar-refractivity contribution in [1.82, 2.24) is 14.3 Å². The van der Waals surface area contributed by atoms with E-state index in [0.717, 1.165) is 15.7 Å². The van der Waals surface area contributed by atoms with Gasteiger partial charge in [0.15, 0.2) is 5.65 Å². The number of primary amides is 1. The van der Waals surface area contributed by atoms with Gasteiger partial charge in [-0.15, -0.1) is 0 Å². The number of imidazole rings is 1. The van der Waals surface area contributed by atoms with Gasteiger partial charge in [-0.05, 0) is 54.2 Å². The summed E-state index contributed by atoms with van der Waals surface area (Å²) in [5.74, 6) is -0.447. The van der Waals surface area contributed by atoms with Crippen LogP contribution in [0.3, 0.4) is 0 Å². The van der Waals surface area contributed by atoms with Crippen LogP contribution in [-0.4, -0.2) is 39.2 Å². The Morgan fingerprint density at radius 2 is 1.96 bits per heavy atom. The largest absolute Gasteiger partial charge is 0.369 e. The Balaban J connectivity index is 1.93. The second kappa shape index (κ2) is 5.96. The predicted molar refractivity (Wildman–Crippen MR) is 90.2 cm³/mol. The third kappa shape index (κ3) is 2.85. The molecule has 0 radical (unpaired) electrons. The van der Waals surface area contributed by atoms with Gasteiger partial charge in [-0.1, -0.05) is 0 Å². The number of hydrogen-bond acceptors (Lipinski definition) is 3. The fraction of sp³-hybridized carbons (Fsp3) is 0.438. The van der Waals surface area contributed by atoms with Crippen molar-refractivity contribution in [2.24, 2.45) is 11.7 Å². The molecular weight excluding hydrogens is 360 g/mol. The smallest absolute Gasteiger partial charge is 0.272 e. The van der Waals surface area contributed by atoms with E-state index in [1.807, 2.05) is 30.5 Å². The first kappa shape index (κ1) is 16.0. The molecule has 0 aliphatic carbocycles. The average Bonchev–Trinajstić information content (AvgIpc) is 2.83. The SMILES string of the molecule is Cc1cc(Br)c2nc(C)c(C(=O)N3CCC(C(N)=O)CC3)n2c1. The molecule has 1 aliphatic rings. The van der Waals surface area contributed by atoms with Crippen molar-refractivity contribution in [2.45, 2.75) is 26.7 Å². The van der Waals surface area contributed by atoms with Gasteiger partial charge in [0.2, 0.25) is 5.91 Å². The van der Waals surface area contributed by atoms with Crippen molar-refractivity contribution in [3.8, 4) is 0 Å². The number of amides is 2. The lowest BCUT2D eigenvalue weighted by atomic mass is 9.96. The monoisotopic (exact) mass is 378 g/mol. The van der Waals surface area contributed by atoms with E-state index < -0.39 is 0 Å². The van der Waals surface area contributed by atoms with Gasteiger partial charge < -0.3 is 10.6 Å². The van der Waals surface area contributed by atoms with Crippen molar-refractivity contribution < 1.29 is 9.59 Å². The lowest BCUT2D eigenvalue weighted by molar-refractivity contribution is -0.123. The number of carbonyl (C=O) groups excluding carboxylic acids is 2. The fourth-order valence-corrected chi connectivity index (χ4v) is 3.76. The molecule has 3 heterocycles. The summed E-state index contributed by atoms with van der Waals surface area (Å²) in [6.45, 7) is 4.92. The molecule has 2 amide bonds. The van der Waals surface area contributed by atoms with Crippen molar-refractivity contribution in [1.29, 1.82) is 0 Å². The molecule has 7 heteroatoms. The third-order valence-electron chi connectivity index (χ3n) is 4.37. The molecule has 2 N–H and O–H groups in total. The van der Waals surface area contributed by atoms with Gasteiger partial charge in [-0.3, -0.25) is 14.0 Å². The molecule has 0 saturated carbocycles. The number of rotatable bonds is 2. The summed E-state index contributed by atoms with van der Waals surface area (Å²) in [7, 11) is 0. The summed E-state index contributed by atoms with van der Waals surface area (Å²) in [4.78, 5) is 30.5. The van der Waals surface area contributed by atoms with Crippen LogP contribution in [0.1, 0.15) is 34.6 Å². The highest BCUT2D eigenvalue weighted by Gasteiger charge is 2.29. The van der Waals surface area contributed by atoms with E-state index in [4.69, 9.17) is 5.73 Å². The second-order valence-corrected chi connectivity index (χ2v) is 6.93. The molecule has 2 aromatic rings. The molecule has 0 atom stereocenters. The summed E-state index contributed by atoms with van der Waals surface area (Å²) in [6, 6.07) is 1.98. The number of aryl methyl sites for hydroxylation is 2. The molecule has 0 unspecified atom stereocenters. The minimum absolute atomic E-state index is 0.0459. The Bertz CT molecular complexity index is 791. The molecule has 1 saturated heterocycles. The van der Waals surface area contributed by atoms with Crippen LogP contribution in [0.2, 0.25) is 0 Å². The van der Waals surface area contributed by atoms with Crippen LogP contribution in [0.15, 0.2) is 16.7 Å². The van der Waals surface area contributed by atoms with Gasteiger partial charge in [0.1, 0.15) is 5.69 Å². The lowest BCUT2D eigenvalue weighted by Gasteiger charge is -2.30. The summed E-state index contributed by atoms with van der Waals surface area (Å²) in [5, 5.41) is 0. The first-order chi connectivity index (χ1) is 10.9. The fourth-order valence-electron chi connectivity index (χ4n) is 3.12. The Morgan fingerprint density at radius 3 is 2.57 bits per heavy atom. The molecule has 3 rings (SSSR count). The normalized spacial score (nSPS) is 16.0. The summed E-state index contributed by atoms with van der Waals surface area (Å²) in [6.07, 6.45) is 3.17. The number of pyridine rings is 1. The van der Waals surface area contributed by atoms with Crippen LogP contribution in [0, 0.1) is 19.8 Å². The summed E-state index contributed by atoms with van der Waals surface area (Å²) < 4.78 is 2.71. The number of likely N-dealkylation sites (tertiary alicyclic amines) is 1. The van der Waals surface area contributed by atoms with E-state index in [1.54, 1.807) is 4.90 Å². The van der Waals surface area contributed by atoms with E-state index >= 15 is 0 Å². The molecule has 0 aromatic carbocycles. The molecule has 1 aliphatic heterocycles. The molecule has 1 fully saturated rings. The standard InChI is InChI=1S/C16H19BrN4O2/c1-9-7-12(17)15-19-10(2)13(21(15)8-9)16(23)20-5-3-11(4-6-20)14(18)22/h7-8,11H,3-6H2,1-2H3,(H2,18,22). The second-order valence-electron chi connectivity index (χ2n) is 6.07. The third-order valence-corrected chi connectivity index (χ3v) is 4.96. The van der Waals surface area contributed by atoms with E-state index in [0.29, 0.717) is 37.3 Å². The van der Waals surface area contributed by atoms with Crippen molar-refractivity contribution in [2.75, 3.05) is 13.1 Å². The molecule has 23 heavy (non-hydrogen) atoms. The quantitative estimate of drug-likeness (QED) is 0.867. The van der Waals surface area contributed by atoms with Crippen LogP contribution >= 0.6 is 15.9 Å². The van der Waals surface area contributed by atoms with Crippen LogP contribution in [0.25, 0.3) is 5.65 Å². The number of fused-ring (bicyclic) bond motifs is 1. The maximum Gasteiger partial charge on any atom is 0.272 e. The molecule has 0 spiro atoms. The number of nitrogens with two attached hydrogens (primary N) is 1. The van der Waals surface area contributed by atoms with Gasteiger partial charge in [-0.2, -0.15) is 0 Å². The van der Waals surface area contributed by atoms with E-state index in [-0.39, 0.29) is 17.7 Å². The average molecular weight is 379 g/mol. The van der Waals surface area contributed by atoms with E-state index in [9.17, 15) is 9.59 Å². The maximum absolute atomic E-state index is 12.9. The van der Waals surface area contributed by atoms with E-state index in [2.05, 4.69) is 20.9 Å². The lowest BCUT2D eigenvalue weighted by Crippen LogP contribution is -2.42. The number of aromatic nitrogens is 2. The zero-order valence-corrected chi connectivity index (χ0v) is 14.8. The topological polar surface area (TPSA) is 80.7 Å². The Kier molecular flexibility index (Phi) is 4.14. The summed E-state index contributed by atoms with van der Waals surface area (Å²) in [5.41, 5.74) is 8.43. The number of nitrogens with zero attached hydrogens (tertiary/aromatic N) is 3. The first-order valence-corrected chi connectivity index (χ1v) is 8.41. The zero-order valence-electron chi connectivity index (χ0n) is 13.2. The zero-order chi connectivity index (χ0) is 16.7. The molecular formula is C16H19BrN4O2. The van der Waals surface area contributed by atoms with Gasteiger partial charge >= 0.3 is 0 Å². The predicted octanol–water partition coefficient (Wildman–Crippen LogP) is 2.05. The van der Waals surface area contributed by atoms with Gasteiger partial charge in [0.05, 0.1) is 10.2 Å². The molecule has 122 valence electrons. The summed E-state index contributed by atoms with van der Waals surface area (Å²) >= 11 is 3.50. The highest BCUT2D eigenvalue weighted by atomic mass is 79.9. The van der Waals surface area contributed by atoms with Crippen molar-refractivity contribution in [3.63, 3.8) is 0 Å². The Labute approximate surface area is 142 Å². The van der Waals surface area contributed by atoms with E-state index in [1.165, 1.54) is 0 Å². The van der Waals surface area contributed by atoms with Gasteiger partial charge in [-0.25, -0.2) is 4.98 Å². The molecule has 0 bridgehead atoms.